The molecule has 67 heavy (non-hydrogen) atoms. The van der Waals surface area contributed by atoms with E-state index in [4.69, 9.17) is 9.72 Å². The van der Waals surface area contributed by atoms with Gasteiger partial charge in [0.25, 0.3) is 0 Å². The van der Waals surface area contributed by atoms with Crippen molar-refractivity contribution in [3.05, 3.63) is 194 Å². The fourth-order valence-corrected chi connectivity index (χ4v) is 11.3. The van der Waals surface area contributed by atoms with Gasteiger partial charge in [-0.05, 0) is 107 Å². The van der Waals surface area contributed by atoms with E-state index in [0.717, 1.165) is 50.4 Å². The molecule has 0 aliphatic carbocycles. The summed E-state index contributed by atoms with van der Waals surface area (Å²) in [5.74, 6) is 2.35. The molecule has 7 heterocycles. The molecule has 7 heteroatoms. The fourth-order valence-electron chi connectivity index (χ4n) is 11.3. The lowest BCUT2D eigenvalue weighted by atomic mass is 9.88. The normalized spacial score (nSPS) is 12.7. The molecule has 0 aliphatic rings. The maximum absolute atomic E-state index is 6.57. The number of rotatable bonds is 5. The minimum atomic E-state index is -0.0444. The topological polar surface area (TPSA) is 53.7 Å². The van der Waals surface area contributed by atoms with Crippen LogP contribution in [-0.2, 0) is 5.41 Å². The Morgan fingerprint density at radius 1 is 0.448 bits per heavy atom. The molecular weight excluding hydrogens is 821 g/mol. The van der Waals surface area contributed by atoms with E-state index in [-0.39, 0.29) is 5.41 Å². The summed E-state index contributed by atoms with van der Waals surface area (Å²) < 4.78 is 15.7. The highest BCUT2D eigenvalue weighted by molar-refractivity contribution is 6.29. The van der Waals surface area contributed by atoms with Crippen molar-refractivity contribution < 1.29 is 4.74 Å². The summed E-state index contributed by atoms with van der Waals surface area (Å²) in [4.78, 5) is 9.08. The van der Waals surface area contributed by atoms with E-state index in [1.165, 1.54) is 87.3 Å². The number of hydrogen-bond donors (Lipinski definition) is 0. The zero-order valence-electron chi connectivity index (χ0n) is 36.9. The maximum atomic E-state index is 6.57. The van der Waals surface area contributed by atoms with Crippen LogP contribution in [0.1, 0.15) is 26.3 Å². The van der Waals surface area contributed by atoms with Crippen LogP contribution in [0.15, 0.2) is 182 Å². The third-order valence-corrected chi connectivity index (χ3v) is 14.4. The number of aromatic nitrogens is 6. The van der Waals surface area contributed by atoms with Gasteiger partial charge in [0.1, 0.15) is 17.3 Å². The summed E-state index contributed by atoms with van der Waals surface area (Å²) in [7, 11) is 0. The summed E-state index contributed by atoms with van der Waals surface area (Å²) in [6, 6.07) is 59.9. The minimum absolute atomic E-state index is 0.0444. The highest BCUT2D eigenvalue weighted by Crippen LogP contribution is 2.46. The molecule has 7 nitrogen and oxygen atoms in total. The number of ether oxygens (including phenoxy) is 1. The number of para-hydroxylation sites is 3. The third-order valence-electron chi connectivity index (χ3n) is 14.4. The van der Waals surface area contributed by atoms with E-state index in [0.29, 0.717) is 0 Å². The lowest BCUT2D eigenvalue weighted by molar-refractivity contribution is 0.483. The second kappa shape index (κ2) is 13.0. The SMILES string of the molecule is CC(C)(C)c1ccnc(-n2c3ccc(-c4ccc5c(c4)c4cccc6c7cc8c(cc7n5c46)c4cccc5c6ccccc6n8c54)cc3c3ccc(Oc4cccc(-n5[c-]ncc5)c4)cc32)c1. The van der Waals surface area contributed by atoms with E-state index in [1.807, 2.05) is 41.2 Å². The molecule has 0 spiro atoms. The maximum Gasteiger partial charge on any atom is 0.137 e. The lowest BCUT2D eigenvalue weighted by Crippen LogP contribution is -2.12. The number of hydrogen-bond acceptors (Lipinski definition) is 3. The first kappa shape index (κ1) is 36.6. The number of nitrogens with zero attached hydrogens (tertiary/aromatic N) is 6. The number of imidazole rings is 1. The van der Waals surface area contributed by atoms with Gasteiger partial charge in [-0.15, -0.1) is 0 Å². The monoisotopic (exact) mass is 859 g/mol. The van der Waals surface area contributed by atoms with Gasteiger partial charge in [0.05, 0.1) is 44.1 Å². The summed E-state index contributed by atoms with van der Waals surface area (Å²) >= 11 is 0. The molecule has 7 aromatic heterocycles. The Hall–Kier alpha value is -8.68. The average molecular weight is 860 g/mol. The first-order chi connectivity index (χ1) is 32.8. The molecule has 15 rings (SSSR count). The first-order valence-electron chi connectivity index (χ1n) is 22.9. The molecule has 0 radical (unpaired) electrons. The van der Waals surface area contributed by atoms with E-state index < -0.39 is 0 Å². The lowest BCUT2D eigenvalue weighted by Gasteiger charge is -2.20. The molecule has 15 aromatic rings. The summed E-state index contributed by atoms with van der Waals surface area (Å²) in [5.41, 5.74) is 14.1. The Kier molecular flexibility index (Phi) is 7.10. The van der Waals surface area contributed by atoms with Gasteiger partial charge in [-0.25, -0.2) is 4.98 Å². The van der Waals surface area contributed by atoms with Crippen molar-refractivity contribution in [3.8, 4) is 34.1 Å². The summed E-state index contributed by atoms with van der Waals surface area (Å²) in [6.07, 6.45) is 8.51. The summed E-state index contributed by atoms with van der Waals surface area (Å²) in [6.45, 7) is 6.73. The minimum Gasteiger partial charge on any atom is -0.458 e. The predicted octanol–water partition coefficient (Wildman–Crippen LogP) is 15.2. The largest absolute Gasteiger partial charge is 0.458 e. The second-order valence-corrected chi connectivity index (χ2v) is 19.1. The Bertz CT molecular complexity index is 4520. The van der Waals surface area contributed by atoms with E-state index >= 15 is 0 Å². The fraction of sp³-hybridized carbons (Fsp3) is 0.0667. The molecule has 0 saturated heterocycles. The molecule has 0 bridgehead atoms. The van der Waals surface area contributed by atoms with E-state index in [1.54, 1.807) is 6.20 Å². The molecule has 0 amide bonds. The van der Waals surface area contributed by atoms with Crippen molar-refractivity contribution in [1.82, 2.24) is 27.9 Å². The van der Waals surface area contributed by atoms with Gasteiger partial charge in [-0.1, -0.05) is 112 Å². The Labute approximate surface area is 383 Å². The van der Waals surface area contributed by atoms with Gasteiger partial charge >= 0.3 is 0 Å². The molecule has 0 saturated carbocycles. The van der Waals surface area contributed by atoms with Crippen molar-refractivity contribution in [2.24, 2.45) is 0 Å². The van der Waals surface area contributed by atoms with E-state index in [2.05, 4.69) is 185 Å². The molecule has 316 valence electrons. The highest BCUT2D eigenvalue weighted by Gasteiger charge is 2.23. The van der Waals surface area contributed by atoms with Crippen LogP contribution in [0.2, 0.25) is 0 Å². The van der Waals surface area contributed by atoms with Crippen LogP contribution in [0.25, 0.3) is 121 Å². The van der Waals surface area contributed by atoms with Gasteiger partial charge < -0.3 is 23.1 Å². The van der Waals surface area contributed by atoms with Crippen molar-refractivity contribution in [3.63, 3.8) is 0 Å². The van der Waals surface area contributed by atoms with Crippen LogP contribution in [0.5, 0.6) is 11.5 Å². The zero-order valence-corrected chi connectivity index (χ0v) is 36.9. The highest BCUT2D eigenvalue weighted by atomic mass is 16.5. The molecule has 0 aliphatic heterocycles. The molecule has 0 fully saturated rings. The molecule has 0 atom stereocenters. The van der Waals surface area contributed by atoms with Crippen molar-refractivity contribution in [2.75, 3.05) is 0 Å². The van der Waals surface area contributed by atoms with Crippen LogP contribution in [-0.4, -0.2) is 27.9 Å². The molecule has 0 N–H and O–H groups in total. The predicted molar refractivity (Wildman–Crippen MR) is 275 cm³/mol. The van der Waals surface area contributed by atoms with Gasteiger partial charge in [0.15, 0.2) is 0 Å². The quantitative estimate of drug-likeness (QED) is 0.162. The smallest absolute Gasteiger partial charge is 0.137 e. The molecular formula is C60H39N6O-. The standard InChI is InChI=1S/C60H39N6O/c1-60(2,3)37-23-24-62-57(29-37)64-52-21-17-35(27-47(52)42-20-19-40(31-54(42)64)67-39-10-6-9-38(30-39)63-26-25-61-34-63)36-18-22-53-48(28-36)44-13-8-15-46-50-32-55-49(33-56(50)66(53)59(44)46)45-14-7-12-43-41-11-4-5-16-51(41)65(55)58(43)45/h4-33H,1-3H3/q-1. The van der Waals surface area contributed by atoms with Crippen LogP contribution < -0.4 is 4.74 Å². The van der Waals surface area contributed by atoms with Crippen LogP contribution >= 0.6 is 0 Å². The Morgan fingerprint density at radius 2 is 1.04 bits per heavy atom. The number of fused-ring (bicyclic) bond motifs is 15. The summed E-state index contributed by atoms with van der Waals surface area (Å²) in [5, 5.41) is 12.6. The van der Waals surface area contributed by atoms with Gasteiger partial charge in [-0.2, -0.15) is 0 Å². The van der Waals surface area contributed by atoms with E-state index in [9.17, 15) is 0 Å². The van der Waals surface area contributed by atoms with Crippen LogP contribution in [0.3, 0.4) is 0 Å². The first-order valence-corrected chi connectivity index (χ1v) is 22.9. The third kappa shape index (κ3) is 5.05. The molecule has 0 unspecified atom stereocenters. The molecule has 8 aromatic carbocycles. The zero-order chi connectivity index (χ0) is 44.3. The number of benzene rings is 8. The van der Waals surface area contributed by atoms with Crippen molar-refractivity contribution in [2.45, 2.75) is 26.2 Å². The average Bonchev–Trinajstić information content (AvgIpc) is 4.22. The van der Waals surface area contributed by atoms with Gasteiger partial charge in [0, 0.05) is 72.5 Å². The van der Waals surface area contributed by atoms with Crippen LogP contribution in [0.4, 0.5) is 0 Å². The Balaban J connectivity index is 0.899. The van der Waals surface area contributed by atoms with Crippen molar-refractivity contribution in [1.29, 1.82) is 0 Å². The second-order valence-electron chi connectivity index (χ2n) is 19.1. The van der Waals surface area contributed by atoms with Crippen molar-refractivity contribution >= 4 is 98.0 Å². The Morgan fingerprint density at radius 3 is 1.75 bits per heavy atom. The van der Waals surface area contributed by atoms with Gasteiger partial charge in [0.2, 0.25) is 0 Å². The van der Waals surface area contributed by atoms with Crippen LogP contribution in [0, 0.1) is 6.33 Å². The van der Waals surface area contributed by atoms with Gasteiger partial charge in [-0.3, -0.25) is 4.57 Å². The number of pyridine rings is 1.